The zero-order valence-electron chi connectivity index (χ0n) is 18.8. The molecule has 5 rings (SSSR count). The van der Waals surface area contributed by atoms with Crippen LogP contribution in [0.15, 0.2) is 36.8 Å². The maximum Gasteiger partial charge on any atom is 0.316 e. The molecule has 1 aliphatic heterocycles. The molecule has 0 radical (unpaired) electrons. The number of amides is 2. The second-order valence-electron chi connectivity index (χ2n) is 8.47. The number of carbonyl (C=O) groups is 1. The van der Waals surface area contributed by atoms with E-state index in [1.165, 1.54) is 0 Å². The van der Waals surface area contributed by atoms with E-state index in [9.17, 15) is 4.79 Å². The van der Waals surface area contributed by atoms with Crippen molar-refractivity contribution in [3.8, 4) is 5.88 Å². The van der Waals surface area contributed by atoms with Crippen LogP contribution in [0.25, 0.3) is 10.9 Å². The molecule has 11 heteroatoms. The molecule has 1 aliphatic carbocycles. The number of fused-ring (bicyclic) bond motifs is 1. The van der Waals surface area contributed by atoms with Crippen molar-refractivity contribution in [2.24, 2.45) is 5.73 Å². The first-order valence-electron chi connectivity index (χ1n) is 11.5. The number of primary amides is 1. The summed E-state index contributed by atoms with van der Waals surface area (Å²) in [4.78, 5) is 31.4. The van der Waals surface area contributed by atoms with Crippen molar-refractivity contribution in [3.05, 3.63) is 36.8 Å². The Labute approximate surface area is 197 Å². The van der Waals surface area contributed by atoms with Gasteiger partial charge in [0.15, 0.2) is 0 Å². The fourth-order valence-electron chi connectivity index (χ4n) is 4.37. The second-order valence-corrected chi connectivity index (χ2v) is 8.47. The van der Waals surface area contributed by atoms with Gasteiger partial charge in [0.1, 0.15) is 11.9 Å². The van der Waals surface area contributed by atoms with Crippen LogP contribution < -0.4 is 26.0 Å². The van der Waals surface area contributed by atoms with Gasteiger partial charge in [-0.25, -0.2) is 14.8 Å². The van der Waals surface area contributed by atoms with Crippen LogP contribution in [-0.2, 0) is 4.74 Å². The van der Waals surface area contributed by atoms with Crippen molar-refractivity contribution < 1.29 is 14.3 Å². The van der Waals surface area contributed by atoms with Gasteiger partial charge in [0.25, 0.3) is 0 Å². The number of nitrogens with one attached hydrogen (secondary N) is 2. The molecule has 0 unspecified atom stereocenters. The molecule has 3 aromatic rings. The van der Waals surface area contributed by atoms with Gasteiger partial charge in [-0.1, -0.05) is 0 Å². The molecule has 3 aromatic heterocycles. The Bertz CT molecular complexity index is 1130. The molecule has 2 amide bonds. The lowest BCUT2D eigenvalue weighted by Crippen LogP contribution is -2.37. The fraction of sp³-hybridized carbons (Fsp3) is 0.435. The molecule has 2 aliphatic rings. The van der Waals surface area contributed by atoms with Gasteiger partial charge in [-0.2, -0.15) is 4.98 Å². The number of urea groups is 1. The van der Waals surface area contributed by atoms with E-state index < -0.39 is 6.03 Å². The number of carbonyl (C=O) groups excluding carboxylic acids is 1. The van der Waals surface area contributed by atoms with Gasteiger partial charge in [0, 0.05) is 37.6 Å². The van der Waals surface area contributed by atoms with E-state index in [1.54, 1.807) is 30.7 Å². The molecule has 4 N–H and O–H groups in total. The fourth-order valence-corrected chi connectivity index (χ4v) is 4.37. The number of aromatic nitrogens is 4. The van der Waals surface area contributed by atoms with E-state index in [4.69, 9.17) is 20.2 Å². The van der Waals surface area contributed by atoms with Gasteiger partial charge < -0.3 is 30.7 Å². The monoisotopic (exact) mass is 464 g/mol. The van der Waals surface area contributed by atoms with Crippen LogP contribution in [0, 0.1) is 0 Å². The quantitative estimate of drug-likeness (QED) is 0.502. The van der Waals surface area contributed by atoms with Crippen molar-refractivity contribution in [3.63, 3.8) is 0 Å². The van der Waals surface area contributed by atoms with E-state index in [1.807, 2.05) is 6.07 Å². The topological polar surface area (TPSA) is 140 Å². The number of hydrogen-bond donors (Lipinski definition) is 3. The van der Waals surface area contributed by atoms with Crippen molar-refractivity contribution >= 4 is 34.4 Å². The van der Waals surface area contributed by atoms with E-state index in [-0.39, 0.29) is 6.10 Å². The number of anilines is 3. The smallest absolute Gasteiger partial charge is 0.316 e. The average Bonchev–Trinajstić information content (AvgIpc) is 2.86. The highest BCUT2D eigenvalue weighted by molar-refractivity contribution is 5.93. The van der Waals surface area contributed by atoms with Crippen molar-refractivity contribution in [2.45, 2.75) is 37.8 Å². The summed E-state index contributed by atoms with van der Waals surface area (Å²) in [5.74, 6) is 1.98. The maximum atomic E-state index is 11.3. The Balaban J connectivity index is 1.35. The molecular formula is C23H28N8O3. The molecule has 11 nitrogen and oxygen atoms in total. The summed E-state index contributed by atoms with van der Waals surface area (Å²) in [6.07, 6.45) is 8.72. The largest absolute Gasteiger partial charge is 0.474 e. The number of ether oxygens (including phenoxy) is 2. The van der Waals surface area contributed by atoms with Gasteiger partial charge in [0.2, 0.25) is 11.8 Å². The van der Waals surface area contributed by atoms with Crippen LogP contribution in [0.4, 0.5) is 22.2 Å². The lowest BCUT2D eigenvalue weighted by Gasteiger charge is -2.31. The Morgan fingerprint density at radius 3 is 2.59 bits per heavy atom. The van der Waals surface area contributed by atoms with Gasteiger partial charge >= 0.3 is 6.03 Å². The van der Waals surface area contributed by atoms with E-state index in [2.05, 4.69) is 30.5 Å². The molecular weight excluding hydrogens is 436 g/mol. The van der Waals surface area contributed by atoms with E-state index >= 15 is 0 Å². The Morgan fingerprint density at radius 1 is 1.09 bits per heavy atom. The molecule has 1 saturated heterocycles. The minimum Gasteiger partial charge on any atom is -0.474 e. The predicted octanol–water partition coefficient (Wildman–Crippen LogP) is 2.55. The minimum absolute atomic E-state index is 0.0261. The Morgan fingerprint density at radius 2 is 1.85 bits per heavy atom. The van der Waals surface area contributed by atoms with E-state index in [0.29, 0.717) is 36.8 Å². The van der Waals surface area contributed by atoms with Crippen molar-refractivity contribution in [1.82, 2.24) is 19.9 Å². The molecule has 0 bridgehead atoms. The molecule has 0 aromatic carbocycles. The maximum absolute atomic E-state index is 11.3. The predicted molar refractivity (Wildman–Crippen MR) is 128 cm³/mol. The normalized spacial score (nSPS) is 20.6. The highest BCUT2D eigenvalue weighted by atomic mass is 16.5. The number of nitrogens with two attached hydrogens (primary N) is 1. The number of rotatable bonds is 6. The van der Waals surface area contributed by atoms with Crippen LogP contribution >= 0.6 is 0 Å². The third kappa shape index (κ3) is 5.25. The van der Waals surface area contributed by atoms with Gasteiger partial charge in [-0.05, 0) is 37.8 Å². The molecule has 2 fully saturated rings. The first kappa shape index (κ1) is 22.1. The van der Waals surface area contributed by atoms with Crippen LogP contribution in [-0.4, -0.2) is 64.4 Å². The first-order chi connectivity index (χ1) is 16.6. The van der Waals surface area contributed by atoms with Crippen molar-refractivity contribution in [2.75, 3.05) is 41.8 Å². The minimum atomic E-state index is -0.644. The van der Waals surface area contributed by atoms with Crippen LogP contribution in [0.2, 0.25) is 0 Å². The Kier molecular flexibility index (Phi) is 6.52. The standard InChI is InChI=1S/C23H28N8O3/c24-22(32)28-16-12-18-19(27-14-16)13-20(31-8-10-33-11-9-31)30-21(18)34-17-4-2-15(3-5-17)29-23-25-6-1-7-26-23/h1,6-7,12-15,17H,2-5,8-11H2,(H3,24,28,32)(H,25,26,29)/t15-,17+. The lowest BCUT2D eigenvalue weighted by molar-refractivity contribution is 0.122. The van der Waals surface area contributed by atoms with Gasteiger partial charge in [-0.3, -0.25) is 4.98 Å². The second kappa shape index (κ2) is 10.0. The summed E-state index contributed by atoms with van der Waals surface area (Å²) in [5, 5.41) is 6.72. The SMILES string of the molecule is NC(=O)Nc1cnc2cc(N3CCOCC3)nc(O[C@H]3CC[C@@H](Nc4ncccn4)CC3)c2c1. The third-order valence-electron chi connectivity index (χ3n) is 6.08. The average molecular weight is 465 g/mol. The molecule has 0 atom stereocenters. The zero-order chi connectivity index (χ0) is 23.3. The molecule has 178 valence electrons. The number of hydrogen-bond acceptors (Lipinski definition) is 9. The van der Waals surface area contributed by atoms with Gasteiger partial charge in [0.05, 0.1) is 36.0 Å². The summed E-state index contributed by atoms with van der Waals surface area (Å²) in [6.45, 7) is 2.84. The third-order valence-corrected chi connectivity index (χ3v) is 6.08. The molecule has 34 heavy (non-hydrogen) atoms. The first-order valence-corrected chi connectivity index (χ1v) is 11.5. The zero-order valence-corrected chi connectivity index (χ0v) is 18.8. The van der Waals surface area contributed by atoms with E-state index in [0.717, 1.165) is 55.5 Å². The van der Waals surface area contributed by atoms with Crippen LogP contribution in [0.1, 0.15) is 25.7 Å². The summed E-state index contributed by atoms with van der Waals surface area (Å²) < 4.78 is 11.9. The summed E-state index contributed by atoms with van der Waals surface area (Å²) in [7, 11) is 0. The van der Waals surface area contributed by atoms with Gasteiger partial charge in [-0.15, -0.1) is 0 Å². The Hall–Kier alpha value is -3.73. The number of morpholine rings is 1. The summed E-state index contributed by atoms with van der Waals surface area (Å²) in [5.41, 5.74) is 6.54. The number of nitrogens with zero attached hydrogens (tertiary/aromatic N) is 5. The van der Waals surface area contributed by atoms with Crippen LogP contribution in [0.3, 0.4) is 0 Å². The summed E-state index contributed by atoms with van der Waals surface area (Å²) >= 11 is 0. The van der Waals surface area contributed by atoms with Crippen molar-refractivity contribution in [1.29, 1.82) is 0 Å². The molecule has 4 heterocycles. The highest BCUT2D eigenvalue weighted by Gasteiger charge is 2.25. The summed E-state index contributed by atoms with van der Waals surface area (Å²) in [6, 6.07) is 5.22. The lowest BCUT2D eigenvalue weighted by atomic mass is 9.93. The van der Waals surface area contributed by atoms with Crippen LogP contribution in [0.5, 0.6) is 5.88 Å². The highest BCUT2D eigenvalue weighted by Crippen LogP contribution is 2.32. The molecule has 0 spiro atoms. The molecule has 1 saturated carbocycles. The number of pyridine rings is 2.